The fourth-order valence-electron chi connectivity index (χ4n) is 6.57. The van der Waals surface area contributed by atoms with Gasteiger partial charge in [-0.3, -0.25) is 4.79 Å². The highest BCUT2D eigenvalue weighted by atomic mass is 16.6. The number of aromatic nitrogens is 3. The summed E-state index contributed by atoms with van der Waals surface area (Å²) in [5, 5.41) is 12.2. The number of aryl methyl sites for hydroxylation is 1. The molecule has 5 rings (SSSR count). The van der Waals surface area contributed by atoms with Crippen LogP contribution in [0.25, 0.3) is 0 Å². The lowest BCUT2D eigenvalue weighted by Gasteiger charge is -2.34. The molecule has 0 aliphatic carbocycles. The Morgan fingerprint density at radius 1 is 1.02 bits per heavy atom. The van der Waals surface area contributed by atoms with Gasteiger partial charge < -0.3 is 35.6 Å². The monoisotopic (exact) mass is 700 g/mol. The van der Waals surface area contributed by atoms with Crippen molar-refractivity contribution in [2.75, 3.05) is 55.4 Å². The van der Waals surface area contributed by atoms with Crippen molar-refractivity contribution in [2.45, 2.75) is 89.8 Å². The van der Waals surface area contributed by atoms with Crippen LogP contribution in [0.4, 0.5) is 22.2 Å². The SMILES string of the molecule is CCc1c(NC[C@H](NC(=O)NC(Cc2ccccc2)C(=O)COC)C(=O)OC(C)(C)C)ncnc1N1CCC(c2ccc3c(n2)NCCC3)CC1. The number of ketones is 1. The molecule has 2 atom stereocenters. The average Bonchev–Trinajstić information content (AvgIpc) is 3.12. The number of piperidine rings is 1. The van der Waals surface area contributed by atoms with Crippen molar-refractivity contribution >= 4 is 35.2 Å². The van der Waals surface area contributed by atoms with Gasteiger partial charge in [-0.2, -0.15) is 0 Å². The van der Waals surface area contributed by atoms with E-state index in [1.807, 2.05) is 37.3 Å². The highest BCUT2D eigenvalue weighted by Gasteiger charge is 2.30. The minimum atomic E-state index is -1.09. The highest BCUT2D eigenvalue weighted by Crippen LogP contribution is 2.33. The molecule has 0 spiro atoms. The molecule has 1 fully saturated rings. The van der Waals surface area contributed by atoms with E-state index in [0.717, 1.165) is 73.8 Å². The Balaban J connectivity index is 1.26. The van der Waals surface area contributed by atoms with Gasteiger partial charge in [0.2, 0.25) is 0 Å². The lowest BCUT2D eigenvalue weighted by atomic mass is 9.92. The quantitative estimate of drug-likeness (QED) is 0.176. The number of pyridine rings is 1. The number of benzene rings is 1. The largest absolute Gasteiger partial charge is 0.458 e. The van der Waals surface area contributed by atoms with Crippen molar-refractivity contribution in [3.05, 3.63) is 71.2 Å². The predicted molar refractivity (Wildman–Crippen MR) is 197 cm³/mol. The van der Waals surface area contributed by atoms with E-state index in [4.69, 9.17) is 14.5 Å². The summed E-state index contributed by atoms with van der Waals surface area (Å²) in [7, 11) is 1.43. The maximum Gasteiger partial charge on any atom is 0.331 e. The Hall–Kier alpha value is -4.78. The lowest BCUT2D eigenvalue weighted by Crippen LogP contribution is -2.55. The van der Waals surface area contributed by atoms with Gasteiger partial charge >= 0.3 is 12.0 Å². The molecule has 2 amide bonds. The van der Waals surface area contributed by atoms with Crippen LogP contribution in [0.15, 0.2) is 48.8 Å². The maximum absolute atomic E-state index is 13.4. The Kier molecular flexibility index (Phi) is 12.8. The second-order valence-electron chi connectivity index (χ2n) is 14.1. The van der Waals surface area contributed by atoms with Gasteiger partial charge in [-0.05, 0) is 76.5 Å². The molecule has 4 N–H and O–H groups in total. The number of methoxy groups -OCH3 is 1. The Labute approximate surface area is 300 Å². The van der Waals surface area contributed by atoms with Gasteiger partial charge in [0.05, 0.1) is 6.04 Å². The summed E-state index contributed by atoms with van der Waals surface area (Å²) in [5.74, 6) is 1.94. The molecule has 2 aliphatic heterocycles. The Morgan fingerprint density at radius 3 is 2.47 bits per heavy atom. The van der Waals surface area contributed by atoms with Gasteiger partial charge in [0.1, 0.15) is 42.0 Å². The molecular formula is C38H52N8O5. The summed E-state index contributed by atoms with van der Waals surface area (Å²) >= 11 is 0. The number of amides is 2. The minimum absolute atomic E-state index is 0.00125. The van der Waals surface area contributed by atoms with E-state index in [0.29, 0.717) is 18.2 Å². The molecule has 0 saturated carbocycles. The first-order valence-corrected chi connectivity index (χ1v) is 18.0. The Bertz CT molecular complexity index is 1640. The number of nitrogens with one attached hydrogen (secondary N) is 4. The number of carbonyl (C=O) groups is 3. The van der Waals surface area contributed by atoms with E-state index in [1.165, 1.54) is 19.0 Å². The van der Waals surface area contributed by atoms with Crippen LogP contribution in [0.1, 0.15) is 75.3 Å². The zero-order valence-electron chi connectivity index (χ0n) is 30.5. The zero-order chi connectivity index (χ0) is 36.4. The highest BCUT2D eigenvalue weighted by molar-refractivity contribution is 5.91. The van der Waals surface area contributed by atoms with E-state index >= 15 is 0 Å². The van der Waals surface area contributed by atoms with Crippen LogP contribution in [0.2, 0.25) is 0 Å². The molecular weight excluding hydrogens is 648 g/mol. The fourth-order valence-corrected chi connectivity index (χ4v) is 6.57. The van der Waals surface area contributed by atoms with E-state index in [9.17, 15) is 14.4 Å². The van der Waals surface area contributed by atoms with Crippen LogP contribution < -0.4 is 26.2 Å². The molecule has 51 heavy (non-hydrogen) atoms. The van der Waals surface area contributed by atoms with Gasteiger partial charge in [0, 0.05) is 50.5 Å². The van der Waals surface area contributed by atoms with Gasteiger partial charge in [-0.1, -0.05) is 43.3 Å². The molecule has 2 aliphatic rings. The van der Waals surface area contributed by atoms with Crippen LogP contribution in [0.5, 0.6) is 0 Å². The van der Waals surface area contributed by atoms with Gasteiger partial charge in [0.25, 0.3) is 0 Å². The summed E-state index contributed by atoms with van der Waals surface area (Å²) in [5.41, 5.74) is 3.45. The number of fused-ring (bicyclic) bond motifs is 1. The van der Waals surface area contributed by atoms with Crippen LogP contribution in [0.3, 0.4) is 0 Å². The first-order valence-electron chi connectivity index (χ1n) is 18.0. The minimum Gasteiger partial charge on any atom is -0.458 e. The van der Waals surface area contributed by atoms with Crippen molar-refractivity contribution in [2.24, 2.45) is 0 Å². The van der Waals surface area contributed by atoms with Crippen molar-refractivity contribution in [3.63, 3.8) is 0 Å². The molecule has 3 aromatic rings. The second-order valence-corrected chi connectivity index (χ2v) is 14.1. The van der Waals surface area contributed by atoms with E-state index in [2.05, 4.69) is 48.3 Å². The number of carbonyl (C=O) groups excluding carboxylic acids is 3. The number of esters is 1. The van der Waals surface area contributed by atoms with Crippen LogP contribution in [-0.4, -0.2) is 90.3 Å². The predicted octanol–water partition coefficient (Wildman–Crippen LogP) is 4.42. The van der Waals surface area contributed by atoms with Crippen molar-refractivity contribution in [1.82, 2.24) is 25.6 Å². The fraction of sp³-hybridized carbons (Fsp3) is 0.526. The first-order chi connectivity index (χ1) is 24.5. The number of rotatable bonds is 14. The zero-order valence-corrected chi connectivity index (χ0v) is 30.5. The molecule has 0 radical (unpaired) electrons. The molecule has 1 unspecified atom stereocenters. The van der Waals surface area contributed by atoms with Crippen molar-refractivity contribution in [1.29, 1.82) is 0 Å². The number of ether oxygens (including phenoxy) is 2. The van der Waals surface area contributed by atoms with Gasteiger partial charge in [-0.15, -0.1) is 0 Å². The van der Waals surface area contributed by atoms with Gasteiger partial charge in [0.15, 0.2) is 5.78 Å². The number of hydrogen-bond donors (Lipinski definition) is 4. The van der Waals surface area contributed by atoms with E-state index < -0.39 is 29.7 Å². The molecule has 274 valence electrons. The number of Topliss-reactive ketones (excluding diaryl/α,β-unsaturated/α-hetero) is 1. The molecule has 2 aromatic heterocycles. The Morgan fingerprint density at radius 2 is 1.76 bits per heavy atom. The molecule has 1 aromatic carbocycles. The van der Waals surface area contributed by atoms with E-state index in [1.54, 1.807) is 20.8 Å². The summed E-state index contributed by atoms with van der Waals surface area (Å²) in [4.78, 5) is 56.1. The third-order valence-electron chi connectivity index (χ3n) is 9.14. The maximum atomic E-state index is 13.4. The van der Waals surface area contributed by atoms with Crippen LogP contribution >= 0.6 is 0 Å². The molecule has 1 saturated heterocycles. The summed E-state index contributed by atoms with van der Waals surface area (Å²) in [6, 6.07) is 11.2. The summed E-state index contributed by atoms with van der Waals surface area (Å²) in [6.07, 6.45) is 6.59. The van der Waals surface area contributed by atoms with Crippen LogP contribution in [-0.2, 0) is 38.3 Å². The number of hydrogen-bond acceptors (Lipinski definition) is 11. The second kappa shape index (κ2) is 17.4. The number of urea groups is 1. The normalized spacial score (nSPS) is 15.9. The van der Waals surface area contributed by atoms with E-state index in [-0.39, 0.29) is 25.4 Å². The third kappa shape index (κ3) is 10.4. The van der Waals surface area contributed by atoms with Crippen molar-refractivity contribution in [3.8, 4) is 0 Å². The molecule has 13 nitrogen and oxygen atoms in total. The smallest absolute Gasteiger partial charge is 0.331 e. The van der Waals surface area contributed by atoms with Crippen molar-refractivity contribution < 1.29 is 23.9 Å². The molecule has 4 heterocycles. The third-order valence-corrected chi connectivity index (χ3v) is 9.14. The number of nitrogens with zero attached hydrogens (tertiary/aromatic N) is 4. The first kappa shape index (κ1) is 37.5. The average molecular weight is 701 g/mol. The topological polar surface area (TPSA) is 160 Å². The standard InChI is InChI=1S/C38H52N8O5/c1-6-28-34(41-24-42-35(28)46-19-16-26(17-20-46)29-15-14-27-13-10-18-39-33(27)43-29)40-22-31(36(48)51-38(2,3)4)45-37(49)44-30(32(47)23-50-5)21-25-11-8-7-9-12-25/h7-9,11-12,14-15,24,26,30-31H,6,10,13,16-23H2,1-5H3,(H,39,43)(H,40,41,42)(H2,44,45,49)/t30?,31-/m0/s1. The number of anilines is 3. The summed E-state index contributed by atoms with van der Waals surface area (Å²) in [6.45, 7) is 9.81. The van der Waals surface area contributed by atoms with Crippen LogP contribution in [0, 0.1) is 0 Å². The summed E-state index contributed by atoms with van der Waals surface area (Å²) < 4.78 is 10.7. The molecule has 0 bridgehead atoms. The van der Waals surface area contributed by atoms with Gasteiger partial charge in [-0.25, -0.2) is 24.5 Å². The molecule has 13 heteroatoms. The lowest BCUT2D eigenvalue weighted by molar-refractivity contribution is -0.156.